The number of hydrogen-bond donors (Lipinski definition) is 2. The molecular weight excluding hydrogens is 888 g/mol. The number of benzene rings is 2. The Labute approximate surface area is 433 Å². The van der Waals surface area contributed by atoms with Crippen LogP contribution in [0.3, 0.4) is 0 Å². The molecule has 0 saturated carbocycles. The van der Waals surface area contributed by atoms with E-state index in [1.165, 1.54) is 36.4 Å². The molecule has 2 N–H and O–H groups in total. The van der Waals surface area contributed by atoms with E-state index in [1.54, 1.807) is 25.1 Å². The van der Waals surface area contributed by atoms with Crippen LogP contribution in [0.5, 0.6) is 23.0 Å². The molecule has 2 aromatic rings. The highest BCUT2D eigenvalue weighted by molar-refractivity contribution is 5.99. The predicted molar refractivity (Wildman–Crippen MR) is 277 cm³/mol. The number of halogens is 1. The van der Waals surface area contributed by atoms with E-state index >= 15 is 0 Å². The lowest BCUT2D eigenvalue weighted by Gasteiger charge is -2.22. The Kier molecular flexibility index (Phi) is 25.3. The maximum atomic E-state index is 13.5. The molecule has 1 amide bonds. The molecule has 2 unspecified atom stereocenters. The summed E-state index contributed by atoms with van der Waals surface area (Å²) in [6.07, 6.45) is 9.82. The minimum absolute atomic E-state index is 0. The number of Topliss-reactive ketones (excluding diaryl/α,β-unsaturated/α-hetero) is 2. The lowest BCUT2D eigenvalue weighted by atomic mass is 9.84. The van der Waals surface area contributed by atoms with E-state index in [0.29, 0.717) is 36.8 Å². The summed E-state index contributed by atoms with van der Waals surface area (Å²) in [6, 6.07) is 8.62. The van der Waals surface area contributed by atoms with Crippen LogP contribution < -0.4 is 24.3 Å². The van der Waals surface area contributed by atoms with Gasteiger partial charge in [-0.2, -0.15) is 0 Å². The number of aliphatic carboxylic acids is 1. The number of carbonyl (C=O) groups excluding carboxylic acids is 3. The molecule has 388 valence electrons. The molecule has 0 heterocycles. The van der Waals surface area contributed by atoms with Crippen molar-refractivity contribution in [1.82, 2.24) is 10.2 Å². The summed E-state index contributed by atoms with van der Waals surface area (Å²) in [5.74, 6) is -2.28. The second kappa shape index (κ2) is 37.5. The molecule has 0 spiro atoms. The van der Waals surface area contributed by atoms with E-state index in [4.69, 9.17) is 44.9 Å². The smallest absolute Gasteiger partial charge is 0.307 e. The molecule has 0 radical (unpaired) electrons. The van der Waals surface area contributed by atoms with Gasteiger partial charge in [0.15, 0.2) is 34.6 Å². The first-order chi connectivity index (χ1) is 36.4. The van der Waals surface area contributed by atoms with E-state index in [9.17, 15) is 24.3 Å². The van der Waals surface area contributed by atoms with Crippen molar-refractivity contribution in [3.05, 3.63) is 71.8 Å². The number of rotatable bonds is 30. The second-order valence-corrected chi connectivity index (χ2v) is 17.7. The van der Waals surface area contributed by atoms with Gasteiger partial charge in [0.2, 0.25) is 5.91 Å². The Bertz CT molecular complexity index is 2200. The SMILES string of the molecule is CNC.Cl.[2H]C([2H])([2H])OCCCOc1cc(C(=O)C(C/C=C/C[C@H](C(=O)N(C)C)C(C)C)C(C)C)ccc1OC([2H])([2H])[2H].[2H]C([2H])([2H])OCCCOc1cc(C(=O)C(C/C=C/C[C@H](C(=O)O)C(C)C)C(C)C)ccc1OC([2H])([2H])[2H]. The topological polar surface area (TPSA) is 159 Å². The third-order valence-corrected chi connectivity index (χ3v) is 10.8. The van der Waals surface area contributed by atoms with Crippen molar-refractivity contribution in [1.29, 1.82) is 0 Å². The molecule has 0 saturated heterocycles. The number of nitrogens with one attached hydrogen (secondary N) is 1. The van der Waals surface area contributed by atoms with Gasteiger partial charge in [-0.25, -0.2) is 0 Å². The van der Waals surface area contributed by atoms with E-state index in [-0.39, 0.29) is 128 Å². The number of ketones is 2. The maximum Gasteiger partial charge on any atom is 0.307 e. The van der Waals surface area contributed by atoms with Crippen LogP contribution in [0.2, 0.25) is 0 Å². The van der Waals surface area contributed by atoms with Gasteiger partial charge in [-0.1, -0.05) is 79.7 Å². The first kappa shape index (κ1) is 46.0. The number of ether oxygens (including phenoxy) is 6. The molecule has 2 aromatic carbocycles. The van der Waals surface area contributed by atoms with Gasteiger partial charge in [0.1, 0.15) is 0 Å². The molecule has 2 rings (SSSR count). The third-order valence-electron chi connectivity index (χ3n) is 10.8. The zero-order valence-electron chi connectivity index (χ0n) is 54.3. The van der Waals surface area contributed by atoms with Gasteiger partial charge in [-0.05, 0) is 99.8 Å². The highest BCUT2D eigenvalue weighted by Crippen LogP contribution is 2.33. The number of carboxylic acids is 1. The van der Waals surface area contributed by atoms with Crippen molar-refractivity contribution in [3.63, 3.8) is 0 Å². The van der Waals surface area contributed by atoms with E-state index in [0.717, 1.165) is 0 Å². The van der Waals surface area contributed by atoms with E-state index < -0.39 is 46.0 Å². The molecular formula is C54H89ClN2O11. The number of amides is 1. The van der Waals surface area contributed by atoms with Gasteiger partial charge < -0.3 is 43.7 Å². The first-order valence-electron chi connectivity index (χ1n) is 29.0. The fourth-order valence-electron chi connectivity index (χ4n) is 6.75. The summed E-state index contributed by atoms with van der Waals surface area (Å²) in [6.45, 7) is 15.4. The molecule has 0 aromatic heterocycles. The number of hydrogen-bond acceptors (Lipinski definition) is 11. The zero-order valence-corrected chi connectivity index (χ0v) is 43.2. The van der Waals surface area contributed by atoms with Crippen LogP contribution in [0.4, 0.5) is 0 Å². The van der Waals surface area contributed by atoms with Gasteiger partial charge in [-0.3, -0.25) is 19.2 Å². The number of carbonyl (C=O) groups is 4. The molecule has 0 aliphatic carbocycles. The molecule has 68 heavy (non-hydrogen) atoms. The van der Waals surface area contributed by atoms with Crippen molar-refractivity contribution in [2.75, 3.05) is 82.8 Å². The highest BCUT2D eigenvalue weighted by Gasteiger charge is 2.26. The van der Waals surface area contributed by atoms with Crippen LogP contribution >= 0.6 is 12.4 Å². The molecule has 4 atom stereocenters. The monoisotopic (exact) mass is 989 g/mol. The minimum Gasteiger partial charge on any atom is -0.493 e. The van der Waals surface area contributed by atoms with Crippen LogP contribution in [-0.2, 0) is 19.1 Å². The normalized spacial score (nSPS) is 16.3. The molecule has 0 aliphatic rings. The highest BCUT2D eigenvalue weighted by atomic mass is 35.5. The van der Waals surface area contributed by atoms with Crippen molar-refractivity contribution < 1.29 is 69.2 Å². The summed E-state index contributed by atoms with van der Waals surface area (Å²) in [5.41, 5.74) is 0.654. The van der Waals surface area contributed by atoms with Crippen LogP contribution in [0.25, 0.3) is 0 Å². The van der Waals surface area contributed by atoms with Crippen LogP contribution in [-0.4, -0.2) is 116 Å². The van der Waals surface area contributed by atoms with Gasteiger partial charge in [0.25, 0.3) is 0 Å². The Hall–Kier alpha value is -4.43. The van der Waals surface area contributed by atoms with Crippen LogP contribution in [0.15, 0.2) is 60.7 Å². The zero-order chi connectivity index (χ0) is 61.1. The third kappa shape index (κ3) is 24.7. The van der Waals surface area contributed by atoms with Crippen LogP contribution in [0, 0.1) is 47.3 Å². The summed E-state index contributed by atoms with van der Waals surface area (Å²) in [4.78, 5) is 52.3. The summed E-state index contributed by atoms with van der Waals surface area (Å²) in [7, 11) is -3.26. The lowest BCUT2D eigenvalue weighted by molar-refractivity contribution is -0.143. The summed E-state index contributed by atoms with van der Waals surface area (Å²) in [5, 5.41) is 12.1. The Balaban J connectivity index is 0. The minimum atomic E-state index is -2.73. The Morgan fingerprint density at radius 3 is 1.24 bits per heavy atom. The fourth-order valence-corrected chi connectivity index (χ4v) is 6.75. The van der Waals surface area contributed by atoms with Crippen LogP contribution in [0.1, 0.15) is 131 Å². The standard InChI is InChI=1S/C27H43NO5.C25H38O6.C2H7N.ClH/c1-19(2)22(12-9-10-13-23(20(3)4)27(30)28(5)6)26(29)21-14-15-24(32-8)25(18-21)33-17-11-16-31-7;1-17(2)20(10-7-8-11-21(18(3)4)25(27)28)24(26)19-12-13-22(30-6)23(16-19)31-15-9-14-29-5;1-3-2;/h9-10,14-15,18-20,22-23H,11-13,16-17H2,1-8H3;7-8,12-13,16-18,20-21H,9-11,14-15H2,1-6H3,(H,27,28);3H,1-2H3;1H/b10-9+;8-7+;;/t22?,23-;20?,21-;;/m00../s1/i7D3,8D3;5D3,6D3;;. The molecule has 13 nitrogen and oxygen atoms in total. The molecule has 0 bridgehead atoms. The van der Waals surface area contributed by atoms with Crippen molar-refractivity contribution >= 4 is 35.9 Å². The Morgan fingerprint density at radius 2 is 0.926 bits per heavy atom. The molecule has 0 fully saturated rings. The van der Waals surface area contributed by atoms with Gasteiger partial charge in [-0.15, -0.1) is 12.4 Å². The van der Waals surface area contributed by atoms with Crippen molar-refractivity contribution in [3.8, 4) is 23.0 Å². The van der Waals surface area contributed by atoms with Crippen molar-refractivity contribution in [2.24, 2.45) is 47.3 Å². The quantitative estimate of drug-likeness (QED) is 0.0434. The number of methoxy groups -OCH3 is 4. The van der Waals surface area contributed by atoms with E-state index in [2.05, 4.69) is 5.32 Å². The predicted octanol–water partition coefficient (Wildman–Crippen LogP) is 10.8. The van der Waals surface area contributed by atoms with E-state index in [1.807, 2.05) is 87.7 Å². The van der Waals surface area contributed by atoms with Gasteiger partial charge in [0.05, 0.1) is 49.7 Å². The average Bonchev–Trinajstić information content (AvgIpc) is 3.29. The summed E-state index contributed by atoms with van der Waals surface area (Å²) < 4.78 is 118. The van der Waals surface area contributed by atoms with Gasteiger partial charge >= 0.3 is 5.97 Å². The second-order valence-electron chi connectivity index (χ2n) is 17.7. The summed E-state index contributed by atoms with van der Waals surface area (Å²) >= 11 is 0. The Morgan fingerprint density at radius 1 is 0.574 bits per heavy atom. The lowest BCUT2D eigenvalue weighted by Crippen LogP contribution is -2.32. The van der Waals surface area contributed by atoms with Gasteiger partial charge in [0, 0.05) is 83.1 Å². The number of allylic oxidation sites excluding steroid dienone is 4. The largest absolute Gasteiger partial charge is 0.493 e. The first-order valence-corrected chi connectivity index (χ1v) is 23.0. The number of nitrogens with zero attached hydrogens (tertiary/aromatic N) is 1. The molecule has 14 heteroatoms. The molecule has 0 aliphatic heterocycles. The number of carboxylic acid groups (broad SMARTS) is 1. The maximum absolute atomic E-state index is 13.5. The fraction of sp³-hybridized carbons (Fsp3) is 0.630. The van der Waals surface area contributed by atoms with Crippen molar-refractivity contribution in [2.45, 2.75) is 93.9 Å². The average molecular weight is 990 g/mol.